The minimum atomic E-state index is 0.0215. The van der Waals surface area contributed by atoms with Gasteiger partial charge in [0, 0.05) is 63.5 Å². The monoisotopic (exact) mass is 411 g/mol. The van der Waals surface area contributed by atoms with Crippen molar-refractivity contribution < 1.29 is 9.53 Å². The summed E-state index contributed by atoms with van der Waals surface area (Å²) >= 11 is 0. The van der Waals surface area contributed by atoms with Gasteiger partial charge in [-0.25, -0.2) is 0 Å². The molecule has 7 heteroatoms. The second-order valence-corrected chi connectivity index (χ2v) is 8.69. The number of hydrogen-bond acceptors (Lipinski definition) is 5. The molecule has 1 amide bonds. The predicted molar refractivity (Wildman–Crippen MR) is 116 cm³/mol. The number of likely N-dealkylation sites (N-methyl/N-ethyl adjacent to an activating group) is 1. The minimum Gasteiger partial charge on any atom is -0.497 e. The number of methoxy groups -OCH3 is 1. The van der Waals surface area contributed by atoms with Crippen LogP contribution in [0.15, 0.2) is 36.7 Å². The maximum Gasteiger partial charge on any atom is 0.226 e. The van der Waals surface area contributed by atoms with E-state index in [4.69, 9.17) is 4.74 Å². The molecule has 4 rings (SSSR count). The molecular formula is C23H33N5O2. The van der Waals surface area contributed by atoms with Gasteiger partial charge < -0.3 is 19.9 Å². The number of aryl methyl sites for hydroxylation is 1. The Morgan fingerprint density at radius 2 is 1.87 bits per heavy atom. The summed E-state index contributed by atoms with van der Waals surface area (Å²) in [6.07, 6.45) is 5.78. The third kappa shape index (κ3) is 4.68. The van der Waals surface area contributed by atoms with Gasteiger partial charge in [-0.2, -0.15) is 5.10 Å². The number of piperazine rings is 1. The summed E-state index contributed by atoms with van der Waals surface area (Å²) in [5.41, 5.74) is 2.40. The largest absolute Gasteiger partial charge is 0.497 e. The van der Waals surface area contributed by atoms with Gasteiger partial charge in [-0.1, -0.05) is 12.1 Å². The summed E-state index contributed by atoms with van der Waals surface area (Å²) in [7, 11) is 5.74. The lowest BCUT2D eigenvalue weighted by Crippen LogP contribution is -2.49. The van der Waals surface area contributed by atoms with E-state index < -0.39 is 0 Å². The highest BCUT2D eigenvalue weighted by Gasteiger charge is 2.41. The van der Waals surface area contributed by atoms with Gasteiger partial charge in [0.1, 0.15) is 5.75 Å². The van der Waals surface area contributed by atoms with Gasteiger partial charge in [-0.3, -0.25) is 9.48 Å². The average molecular weight is 412 g/mol. The topological polar surface area (TPSA) is 62.6 Å². The van der Waals surface area contributed by atoms with Gasteiger partial charge >= 0.3 is 0 Å². The van der Waals surface area contributed by atoms with Crippen LogP contribution in [0.2, 0.25) is 0 Å². The molecule has 0 unspecified atom stereocenters. The molecule has 1 saturated carbocycles. The fourth-order valence-corrected chi connectivity index (χ4v) is 4.78. The molecule has 2 aliphatic rings. The lowest BCUT2D eigenvalue weighted by atomic mass is 9.87. The molecule has 1 aromatic heterocycles. The Labute approximate surface area is 179 Å². The second kappa shape index (κ2) is 9.18. The van der Waals surface area contributed by atoms with Crippen molar-refractivity contribution in [3.05, 3.63) is 47.8 Å². The number of rotatable bonds is 6. The van der Waals surface area contributed by atoms with Crippen molar-refractivity contribution in [2.24, 2.45) is 13.0 Å². The Balaban J connectivity index is 1.48. The molecular weight excluding hydrogens is 378 g/mol. The highest BCUT2D eigenvalue weighted by atomic mass is 16.5. The Bertz CT molecular complexity index is 842. The van der Waals surface area contributed by atoms with E-state index in [1.807, 2.05) is 36.3 Å². The number of nitrogens with zero attached hydrogens (tertiary/aromatic N) is 4. The number of nitrogens with one attached hydrogen (secondary N) is 1. The first-order chi connectivity index (χ1) is 14.5. The van der Waals surface area contributed by atoms with Crippen LogP contribution in [0.3, 0.4) is 0 Å². The Kier molecular flexibility index (Phi) is 6.39. The molecule has 162 valence electrons. The van der Waals surface area contributed by atoms with Crippen LogP contribution >= 0.6 is 0 Å². The van der Waals surface area contributed by atoms with E-state index in [0.717, 1.165) is 51.3 Å². The van der Waals surface area contributed by atoms with Gasteiger partial charge in [0.15, 0.2) is 0 Å². The molecule has 1 N–H and O–H groups in total. The van der Waals surface area contributed by atoms with Gasteiger partial charge in [0.25, 0.3) is 0 Å². The van der Waals surface area contributed by atoms with E-state index in [0.29, 0.717) is 11.9 Å². The molecule has 1 aliphatic carbocycles. The Hall–Kier alpha value is -2.38. The first kappa shape index (κ1) is 20.9. The van der Waals surface area contributed by atoms with Crippen molar-refractivity contribution in [3.8, 4) is 5.75 Å². The quantitative estimate of drug-likeness (QED) is 0.786. The summed E-state index contributed by atoms with van der Waals surface area (Å²) in [4.78, 5) is 17.8. The zero-order chi connectivity index (χ0) is 21.1. The zero-order valence-corrected chi connectivity index (χ0v) is 18.3. The van der Waals surface area contributed by atoms with E-state index in [-0.39, 0.29) is 11.8 Å². The molecule has 0 bridgehead atoms. The molecule has 2 aromatic rings. The summed E-state index contributed by atoms with van der Waals surface area (Å²) in [5, 5.41) is 7.92. The standard InChI is InChI=1S/C23H33N5O2/c1-26-8-10-28(11-9-26)23(29)22-13-19(24-14-17-15-25-27(2)16-17)12-21(22)18-4-6-20(30-3)7-5-18/h4-7,15-16,19,21-22,24H,8-14H2,1-3H3/t19-,21+,22-/m0/s1. The molecule has 1 aliphatic heterocycles. The Morgan fingerprint density at radius 1 is 1.13 bits per heavy atom. The normalized spacial score (nSPS) is 24.9. The number of hydrogen-bond donors (Lipinski definition) is 1. The smallest absolute Gasteiger partial charge is 0.226 e. The molecule has 1 saturated heterocycles. The maximum atomic E-state index is 13.5. The van der Waals surface area contributed by atoms with Crippen molar-refractivity contribution in [2.45, 2.75) is 31.3 Å². The summed E-state index contributed by atoms with van der Waals surface area (Å²) in [5.74, 6) is 1.42. The summed E-state index contributed by atoms with van der Waals surface area (Å²) in [6.45, 7) is 4.34. The van der Waals surface area contributed by atoms with Crippen molar-refractivity contribution in [1.82, 2.24) is 24.9 Å². The van der Waals surface area contributed by atoms with Gasteiger partial charge in [-0.05, 0) is 43.5 Å². The lowest BCUT2D eigenvalue weighted by Gasteiger charge is -2.35. The van der Waals surface area contributed by atoms with Crippen LogP contribution < -0.4 is 10.1 Å². The van der Waals surface area contributed by atoms with Crippen molar-refractivity contribution in [3.63, 3.8) is 0 Å². The summed E-state index contributed by atoms with van der Waals surface area (Å²) < 4.78 is 7.15. The maximum absolute atomic E-state index is 13.5. The van der Waals surface area contributed by atoms with Crippen molar-refractivity contribution in [2.75, 3.05) is 40.3 Å². The van der Waals surface area contributed by atoms with Crippen molar-refractivity contribution in [1.29, 1.82) is 0 Å². The first-order valence-electron chi connectivity index (χ1n) is 10.9. The van der Waals surface area contributed by atoms with Crippen LogP contribution in [0, 0.1) is 5.92 Å². The molecule has 7 nitrogen and oxygen atoms in total. The second-order valence-electron chi connectivity index (χ2n) is 8.69. The van der Waals surface area contributed by atoms with E-state index >= 15 is 0 Å². The van der Waals surface area contributed by atoms with Crippen LogP contribution in [-0.2, 0) is 18.4 Å². The van der Waals surface area contributed by atoms with Crippen LogP contribution in [-0.4, -0.2) is 71.9 Å². The van der Waals surface area contributed by atoms with Gasteiger partial charge in [0.2, 0.25) is 5.91 Å². The van der Waals surface area contributed by atoms with Gasteiger partial charge in [0.05, 0.1) is 13.3 Å². The van der Waals surface area contributed by atoms with E-state index in [2.05, 4.69) is 39.4 Å². The minimum absolute atomic E-state index is 0.0215. The predicted octanol–water partition coefficient (Wildman–Crippen LogP) is 1.85. The fraction of sp³-hybridized carbons (Fsp3) is 0.565. The van der Waals surface area contributed by atoms with Crippen LogP contribution in [0.25, 0.3) is 0 Å². The van der Waals surface area contributed by atoms with Crippen LogP contribution in [0.4, 0.5) is 0 Å². The van der Waals surface area contributed by atoms with E-state index in [1.165, 1.54) is 11.1 Å². The number of amides is 1. The molecule has 0 radical (unpaired) electrons. The van der Waals surface area contributed by atoms with Crippen molar-refractivity contribution >= 4 is 5.91 Å². The fourth-order valence-electron chi connectivity index (χ4n) is 4.78. The molecule has 3 atom stereocenters. The Morgan fingerprint density at radius 3 is 2.50 bits per heavy atom. The number of benzene rings is 1. The lowest BCUT2D eigenvalue weighted by molar-refractivity contribution is -0.137. The van der Waals surface area contributed by atoms with Crippen LogP contribution in [0.1, 0.15) is 29.9 Å². The molecule has 2 fully saturated rings. The third-order valence-electron chi connectivity index (χ3n) is 6.59. The van der Waals surface area contributed by atoms with Gasteiger partial charge in [-0.15, -0.1) is 0 Å². The SMILES string of the molecule is COc1ccc([C@H]2C[C@H](NCc3cnn(C)c3)C[C@@H]2C(=O)N2CCN(C)CC2)cc1. The van der Waals surface area contributed by atoms with E-state index in [9.17, 15) is 4.79 Å². The van der Waals surface area contributed by atoms with E-state index in [1.54, 1.807) is 7.11 Å². The number of ether oxygens (including phenoxy) is 1. The highest BCUT2D eigenvalue weighted by molar-refractivity contribution is 5.80. The molecule has 30 heavy (non-hydrogen) atoms. The number of carbonyl (C=O) groups excluding carboxylic acids is 1. The summed E-state index contributed by atoms with van der Waals surface area (Å²) in [6, 6.07) is 8.57. The third-order valence-corrected chi connectivity index (χ3v) is 6.59. The molecule has 0 spiro atoms. The molecule has 2 heterocycles. The average Bonchev–Trinajstić information content (AvgIpc) is 3.38. The molecule has 1 aromatic carbocycles. The first-order valence-corrected chi connectivity index (χ1v) is 10.9. The number of carbonyl (C=O) groups is 1. The van der Waals surface area contributed by atoms with Crippen LogP contribution in [0.5, 0.6) is 5.75 Å². The highest BCUT2D eigenvalue weighted by Crippen LogP contribution is 2.41. The number of aromatic nitrogens is 2. The zero-order valence-electron chi connectivity index (χ0n) is 18.3.